The largest absolute Gasteiger partial charge is 0.542 e. The maximum atomic E-state index is 13.5. The molecule has 386 valence electrons. The van der Waals surface area contributed by atoms with Crippen molar-refractivity contribution in [1.82, 2.24) is 16.0 Å². The van der Waals surface area contributed by atoms with Gasteiger partial charge in [0.1, 0.15) is 18.3 Å². The van der Waals surface area contributed by atoms with E-state index in [1.54, 1.807) is 13.8 Å². The van der Waals surface area contributed by atoms with E-state index in [1.807, 2.05) is 35.2 Å². The lowest BCUT2D eigenvalue weighted by Crippen LogP contribution is -2.49. The number of nitrogens with zero attached hydrogens (tertiary/aromatic N) is 2. The second-order valence-electron chi connectivity index (χ2n) is 16.6. The Balaban J connectivity index is 0.00000323. The molecule has 0 aliphatic rings. The summed E-state index contributed by atoms with van der Waals surface area (Å²) in [6, 6.07) is 9.69. The number of carbonyl (C=O) groups is 10. The highest BCUT2D eigenvalue weighted by Gasteiger charge is 2.34. The first-order valence-electron chi connectivity index (χ1n) is 22.7. The fraction of sp³-hybridized carbons (Fsp3) is 0.521. The summed E-state index contributed by atoms with van der Waals surface area (Å²) in [5.41, 5.74) is 3.33. The van der Waals surface area contributed by atoms with Gasteiger partial charge in [-0.05, 0) is 55.9 Å². The maximum Gasteiger partial charge on any atom is 0.430 e. The maximum absolute atomic E-state index is 13.5. The highest BCUT2D eigenvalue weighted by Crippen LogP contribution is 2.20. The van der Waals surface area contributed by atoms with E-state index in [-0.39, 0.29) is 25.2 Å². The number of carbonyl (C=O) groups excluding carboxylic acids is 7. The zero-order chi connectivity index (χ0) is 53.1. The van der Waals surface area contributed by atoms with Crippen LogP contribution < -0.4 is 30.5 Å². The monoisotopic (exact) mass is 991 g/mol. The van der Waals surface area contributed by atoms with E-state index < -0.39 is 121 Å². The number of carboxylic acid groups (broad SMARTS) is 4. The molecule has 6 N–H and O–H groups in total. The molecule has 0 saturated carbocycles. The number of aryl methyl sites for hydroxylation is 1. The van der Waals surface area contributed by atoms with E-state index in [2.05, 4.69) is 65.0 Å². The molecule has 0 aliphatic heterocycles. The number of aromatic nitrogens is 1. The van der Waals surface area contributed by atoms with Gasteiger partial charge in [-0.25, -0.2) is 4.57 Å². The van der Waals surface area contributed by atoms with Gasteiger partial charge in [-0.3, -0.25) is 43.2 Å². The molecule has 0 unspecified atom stereocenters. The van der Waals surface area contributed by atoms with Gasteiger partial charge < -0.3 is 46.1 Å². The SMILES string of the molecule is CCN(CC)c1ccc(C=Cc2cc[n+](CCCC(=O)CCCNC(=O)[C@@H](CC(=O)O)CC(=O)[C@H](NC(=O)[C@@H](CCC(=O)O)CC(=O)[C@@H](CC(=O)O)NC(C)=O)C(C)C)cc2)cc1.O=C([O-])C(F)(F)F. The van der Waals surface area contributed by atoms with Gasteiger partial charge in [0.2, 0.25) is 17.7 Å². The summed E-state index contributed by atoms with van der Waals surface area (Å²) in [7, 11) is 0. The van der Waals surface area contributed by atoms with Crippen LogP contribution in [0.15, 0.2) is 48.8 Å². The Morgan fingerprint density at radius 1 is 0.700 bits per heavy atom. The summed E-state index contributed by atoms with van der Waals surface area (Å²) < 4.78 is 33.5. The summed E-state index contributed by atoms with van der Waals surface area (Å²) in [5.74, 6) is -14.0. The van der Waals surface area contributed by atoms with Gasteiger partial charge in [0.05, 0.1) is 30.8 Å². The number of nitrogens with one attached hydrogen (secondary N) is 3. The first-order chi connectivity index (χ1) is 32.8. The van der Waals surface area contributed by atoms with Gasteiger partial charge >= 0.3 is 24.1 Å². The van der Waals surface area contributed by atoms with Gasteiger partial charge in [-0.2, -0.15) is 13.2 Å². The van der Waals surface area contributed by atoms with Crippen molar-refractivity contribution in [2.45, 2.75) is 124 Å². The molecule has 0 bridgehead atoms. The van der Waals surface area contributed by atoms with Crippen molar-refractivity contribution in [3.8, 4) is 0 Å². The van der Waals surface area contributed by atoms with E-state index in [0.29, 0.717) is 25.8 Å². The molecule has 1 aromatic carbocycles. The van der Waals surface area contributed by atoms with Gasteiger partial charge in [0.25, 0.3) is 0 Å². The van der Waals surface area contributed by atoms with Crippen LogP contribution >= 0.6 is 0 Å². The van der Waals surface area contributed by atoms with Crippen LogP contribution in [-0.4, -0.2) is 112 Å². The number of halogens is 3. The average Bonchev–Trinajstić information content (AvgIpc) is 3.27. The minimum absolute atomic E-state index is 0.0000705. The molecule has 22 heteroatoms. The van der Waals surface area contributed by atoms with Crippen LogP contribution in [0.5, 0.6) is 0 Å². The van der Waals surface area contributed by atoms with Crippen molar-refractivity contribution >= 4 is 76.8 Å². The van der Waals surface area contributed by atoms with E-state index in [0.717, 1.165) is 31.1 Å². The molecule has 0 spiro atoms. The molecule has 2 rings (SSSR count). The Morgan fingerprint density at radius 3 is 1.71 bits per heavy atom. The Morgan fingerprint density at radius 2 is 1.23 bits per heavy atom. The third-order valence-electron chi connectivity index (χ3n) is 10.7. The number of hydrogen-bond acceptors (Lipinski definition) is 12. The van der Waals surface area contributed by atoms with E-state index in [9.17, 15) is 71.6 Å². The summed E-state index contributed by atoms with van der Waals surface area (Å²) in [4.78, 5) is 123. The summed E-state index contributed by atoms with van der Waals surface area (Å²) >= 11 is 0. The highest BCUT2D eigenvalue weighted by atomic mass is 19.4. The molecular weight excluding hydrogens is 928 g/mol. The Hall–Kier alpha value is -7.00. The van der Waals surface area contributed by atoms with Crippen molar-refractivity contribution in [3.05, 3.63) is 59.9 Å². The minimum Gasteiger partial charge on any atom is -0.542 e. The molecule has 70 heavy (non-hydrogen) atoms. The number of alkyl halides is 3. The molecule has 1 aromatic heterocycles. The number of amides is 3. The first kappa shape index (κ1) is 61.0. The van der Waals surface area contributed by atoms with Crippen LogP contribution in [0, 0.1) is 17.8 Å². The highest BCUT2D eigenvalue weighted by molar-refractivity contribution is 5.97. The summed E-state index contributed by atoms with van der Waals surface area (Å²) in [6.45, 7) is 11.1. The second-order valence-corrected chi connectivity index (χ2v) is 16.6. The van der Waals surface area contributed by atoms with Crippen LogP contribution in [0.4, 0.5) is 18.9 Å². The van der Waals surface area contributed by atoms with E-state index in [4.69, 9.17) is 9.90 Å². The van der Waals surface area contributed by atoms with Crippen LogP contribution in [0.25, 0.3) is 12.2 Å². The zero-order valence-electron chi connectivity index (χ0n) is 39.9. The first-order valence-corrected chi connectivity index (χ1v) is 22.7. The number of carboxylic acids is 4. The van der Waals surface area contributed by atoms with Crippen LogP contribution in [0.3, 0.4) is 0 Å². The van der Waals surface area contributed by atoms with Crippen LogP contribution in [-0.2, 0) is 54.5 Å². The second kappa shape index (κ2) is 31.2. The fourth-order valence-corrected chi connectivity index (χ4v) is 6.93. The van der Waals surface area contributed by atoms with Crippen LogP contribution in [0.2, 0.25) is 0 Å². The fourth-order valence-electron chi connectivity index (χ4n) is 6.93. The average molecular weight is 992 g/mol. The normalized spacial score (nSPS) is 12.9. The van der Waals surface area contributed by atoms with Crippen molar-refractivity contribution in [3.63, 3.8) is 0 Å². The predicted molar refractivity (Wildman–Crippen MR) is 245 cm³/mol. The number of ketones is 3. The number of benzene rings is 1. The lowest BCUT2D eigenvalue weighted by molar-refractivity contribution is -0.697. The van der Waals surface area contributed by atoms with Crippen LogP contribution in [0.1, 0.15) is 110 Å². The van der Waals surface area contributed by atoms with Gasteiger partial charge in [0.15, 0.2) is 24.0 Å². The number of pyridine rings is 1. The number of hydrogen-bond donors (Lipinski definition) is 6. The minimum atomic E-state index is -5.19. The topological polar surface area (TPSA) is 298 Å². The smallest absolute Gasteiger partial charge is 0.430 e. The number of Topliss-reactive ketones (excluding diaryl/α,β-unsaturated/α-hetero) is 3. The van der Waals surface area contributed by atoms with E-state index in [1.165, 1.54) is 5.69 Å². The Kier molecular flexibility index (Phi) is 27.2. The quantitative estimate of drug-likeness (QED) is 0.0467. The molecule has 19 nitrogen and oxygen atoms in total. The third-order valence-corrected chi connectivity index (χ3v) is 10.7. The standard InChI is InChI=1S/C46H63N5O12.C2HF3O2/c1-6-51(7-2)36-17-14-32(15-18-36)12-13-33-20-24-50(25-21-33)23-9-11-37(53)10-8-22-47-45(62)35(28-42(58)59)27-40(55)44(30(3)4)49-46(63)34(16-19-41(56)57)26-39(54)38(29-43(60)61)48-31(5)52;3-2(4,5)1(6)7/h12-15,17-18,20-21,24-25,30,34-35,38,44H,6-11,16,19,22-23,26-29H2,1-5H3,(H5-,47,48,49,52,56,57,58,59,60,61,62,63);(H,6,7)/t34-,35+,38+,44+;/m0./s1. The van der Waals surface area contributed by atoms with Crippen molar-refractivity contribution in [1.29, 1.82) is 0 Å². The molecule has 0 aliphatic carbocycles. The zero-order valence-corrected chi connectivity index (χ0v) is 39.9. The van der Waals surface area contributed by atoms with Gasteiger partial charge in [-0.15, -0.1) is 0 Å². The Labute approximate surface area is 403 Å². The predicted octanol–water partition coefficient (Wildman–Crippen LogP) is 3.15. The molecule has 0 fully saturated rings. The Bertz CT molecular complexity index is 2110. The van der Waals surface area contributed by atoms with E-state index >= 15 is 0 Å². The summed E-state index contributed by atoms with van der Waals surface area (Å²) in [5, 5.41) is 44.1. The molecule has 2 aromatic rings. The molecule has 1 heterocycles. The lowest BCUT2D eigenvalue weighted by Gasteiger charge is -2.26. The van der Waals surface area contributed by atoms with Crippen molar-refractivity contribution < 1.29 is 86.1 Å². The molecule has 3 amide bonds. The third kappa shape index (κ3) is 24.9. The van der Waals surface area contributed by atoms with Crippen molar-refractivity contribution in [2.75, 3.05) is 24.5 Å². The number of rotatable bonds is 31. The summed E-state index contributed by atoms with van der Waals surface area (Å²) in [6.07, 6.45) is 0.676. The van der Waals surface area contributed by atoms with Gasteiger partial charge in [-0.1, -0.05) is 38.1 Å². The number of aliphatic carboxylic acids is 4. The molecule has 0 radical (unpaired) electrons. The number of anilines is 1. The molecule has 0 saturated heterocycles. The lowest BCUT2D eigenvalue weighted by atomic mass is 9.88. The molecule has 4 atom stereocenters. The van der Waals surface area contributed by atoms with Crippen molar-refractivity contribution in [2.24, 2.45) is 17.8 Å². The molecular formula is C48H64F3N5O14. The van der Waals surface area contributed by atoms with Gasteiger partial charge in [0, 0.05) is 88.8 Å².